The Morgan fingerprint density at radius 2 is 1.50 bits per heavy atom. The molecule has 1 nitrogen and oxygen atoms in total. The number of hydrogen-bond acceptors (Lipinski definition) is 1. The molecule has 0 aromatic heterocycles. The molecule has 1 heteroatoms. The minimum Gasteiger partial charge on any atom is -0.317 e. The topological polar surface area (TPSA) is 12.0 Å². The van der Waals surface area contributed by atoms with Crippen molar-refractivity contribution in [2.45, 2.75) is 40.7 Å². The molecule has 0 amide bonds. The Labute approximate surface area is 65.2 Å². The van der Waals surface area contributed by atoms with Crippen LogP contribution in [0.1, 0.15) is 34.6 Å². The highest BCUT2D eigenvalue weighted by Gasteiger charge is 2.23. The predicted octanol–water partition coefficient (Wildman–Crippen LogP) is 2.28. The van der Waals surface area contributed by atoms with E-state index in [1.165, 1.54) is 0 Å². The highest BCUT2D eigenvalue weighted by atomic mass is 14.9. The summed E-state index contributed by atoms with van der Waals surface area (Å²) in [6.07, 6.45) is 0. The Morgan fingerprint density at radius 1 is 1.10 bits per heavy atom. The van der Waals surface area contributed by atoms with Gasteiger partial charge in [0.15, 0.2) is 0 Å². The first-order valence-corrected chi connectivity index (χ1v) is 4.07. The maximum atomic E-state index is 3.27. The van der Waals surface area contributed by atoms with Gasteiger partial charge in [-0.25, -0.2) is 0 Å². The fraction of sp³-hybridized carbons (Fsp3) is 1.00. The van der Waals surface area contributed by atoms with Crippen LogP contribution in [0.25, 0.3) is 0 Å². The number of rotatable bonds is 2. The average Bonchev–Trinajstić information content (AvgIpc) is 1.83. The summed E-state index contributed by atoms with van der Waals surface area (Å²) in [5.74, 6) is 0.720. The predicted molar refractivity (Wildman–Crippen MR) is 47.1 cm³/mol. The number of hydrogen-bond donors (Lipinski definition) is 1. The molecular formula is C9H21N. The van der Waals surface area contributed by atoms with Crippen LogP contribution >= 0.6 is 0 Å². The third-order valence-electron chi connectivity index (χ3n) is 2.57. The first-order valence-electron chi connectivity index (χ1n) is 4.07. The van der Waals surface area contributed by atoms with Crippen molar-refractivity contribution in [2.75, 3.05) is 7.05 Å². The van der Waals surface area contributed by atoms with Crippen LogP contribution in [0.15, 0.2) is 0 Å². The molecule has 0 aromatic rings. The molecule has 0 saturated carbocycles. The quantitative estimate of drug-likeness (QED) is 0.625. The Kier molecular flexibility index (Phi) is 3.37. The molecule has 0 radical (unpaired) electrons. The fourth-order valence-corrected chi connectivity index (χ4v) is 1.00. The zero-order chi connectivity index (χ0) is 8.36. The van der Waals surface area contributed by atoms with Gasteiger partial charge < -0.3 is 5.32 Å². The lowest BCUT2D eigenvalue weighted by Gasteiger charge is -2.32. The Morgan fingerprint density at radius 3 is 1.60 bits per heavy atom. The van der Waals surface area contributed by atoms with E-state index < -0.39 is 0 Å². The molecule has 0 aromatic carbocycles. The summed E-state index contributed by atoms with van der Waals surface area (Å²) in [4.78, 5) is 0. The second-order valence-corrected chi connectivity index (χ2v) is 4.23. The summed E-state index contributed by atoms with van der Waals surface area (Å²) in [7, 11) is 2.02. The van der Waals surface area contributed by atoms with E-state index in [0.717, 1.165) is 5.92 Å². The summed E-state index contributed by atoms with van der Waals surface area (Å²) in [5, 5.41) is 3.27. The maximum absolute atomic E-state index is 3.27. The fourth-order valence-electron chi connectivity index (χ4n) is 1.00. The van der Waals surface area contributed by atoms with Gasteiger partial charge >= 0.3 is 0 Å². The molecule has 0 unspecified atom stereocenters. The van der Waals surface area contributed by atoms with Gasteiger partial charge in [0.2, 0.25) is 0 Å². The van der Waals surface area contributed by atoms with Gasteiger partial charge in [0.1, 0.15) is 0 Å². The van der Waals surface area contributed by atoms with Crippen molar-refractivity contribution in [3.8, 4) is 0 Å². The van der Waals surface area contributed by atoms with Gasteiger partial charge in [-0.1, -0.05) is 27.7 Å². The summed E-state index contributed by atoms with van der Waals surface area (Å²) in [5.41, 5.74) is 0.419. The largest absolute Gasteiger partial charge is 0.317 e. The Balaban J connectivity index is 3.94. The molecule has 0 aliphatic rings. The van der Waals surface area contributed by atoms with Crippen LogP contribution in [-0.2, 0) is 0 Å². The van der Waals surface area contributed by atoms with E-state index in [-0.39, 0.29) is 0 Å². The zero-order valence-corrected chi connectivity index (χ0v) is 8.15. The van der Waals surface area contributed by atoms with Crippen molar-refractivity contribution < 1.29 is 0 Å². The normalized spacial score (nSPS) is 18.6. The molecule has 0 rings (SSSR count). The van der Waals surface area contributed by atoms with Gasteiger partial charge in [-0.2, -0.15) is 0 Å². The third-order valence-corrected chi connectivity index (χ3v) is 2.57. The highest BCUT2D eigenvalue weighted by Crippen LogP contribution is 2.27. The molecule has 62 valence electrons. The summed E-state index contributed by atoms with van der Waals surface area (Å²) in [6, 6.07) is 0.611. The summed E-state index contributed by atoms with van der Waals surface area (Å²) < 4.78 is 0. The molecular weight excluding hydrogens is 122 g/mol. The van der Waals surface area contributed by atoms with E-state index in [1.807, 2.05) is 7.05 Å². The highest BCUT2D eigenvalue weighted by molar-refractivity contribution is 4.77. The monoisotopic (exact) mass is 143 g/mol. The van der Waals surface area contributed by atoms with Crippen molar-refractivity contribution in [1.29, 1.82) is 0 Å². The minimum atomic E-state index is 0.419. The van der Waals surface area contributed by atoms with Crippen LogP contribution in [0.4, 0.5) is 0 Å². The molecule has 0 aliphatic carbocycles. The van der Waals surface area contributed by atoms with Crippen molar-refractivity contribution in [1.82, 2.24) is 5.32 Å². The summed E-state index contributed by atoms with van der Waals surface area (Å²) >= 11 is 0. The molecule has 10 heavy (non-hydrogen) atoms. The first kappa shape index (κ1) is 9.96. The SMILES string of the molecule is CN[C@@H](C)[C@H](C)C(C)(C)C. The van der Waals surface area contributed by atoms with E-state index >= 15 is 0 Å². The van der Waals surface area contributed by atoms with Gasteiger partial charge in [-0.05, 0) is 25.3 Å². The lowest BCUT2D eigenvalue weighted by molar-refractivity contribution is 0.212. The molecule has 0 spiro atoms. The molecule has 1 N–H and O–H groups in total. The van der Waals surface area contributed by atoms with Crippen molar-refractivity contribution in [2.24, 2.45) is 11.3 Å². The van der Waals surface area contributed by atoms with E-state index in [1.54, 1.807) is 0 Å². The molecule has 0 fully saturated rings. The average molecular weight is 143 g/mol. The summed E-state index contributed by atoms with van der Waals surface area (Å²) in [6.45, 7) is 11.4. The molecule has 0 bridgehead atoms. The second-order valence-electron chi connectivity index (χ2n) is 4.23. The van der Waals surface area contributed by atoms with E-state index in [9.17, 15) is 0 Å². The van der Waals surface area contributed by atoms with E-state index in [4.69, 9.17) is 0 Å². The van der Waals surface area contributed by atoms with E-state index in [2.05, 4.69) is 39.9 Å². The lowest BCUT2D eigenvalue weighted by Crippen LogP contribution is -2.36. The molecule has 0 aliphatic heterocycles. The van der Waals surface area contributed by atoms with Crippen LogP contribution in [0.3, 0.4) is 0 Å². The van der Waals surface area contributed by atoms with Crippen molar-refractivity contribution >= 4 is 0 Å². The first-order chi connectivity index (χ1) is 4.39. The lowest BCUT2D eigenvalue weighted by atomic mass is 9.78. The molecule has 0 heterocycles. The smallest absolute Gasteiger partial charge is 0.00663 e. The Hall–Kier alpha value is -0.0400. The van der Waals surface area contributed by atoms with Crippen LogP contribution in [-0.4, -0.2) is 13.1 Å². The van der Waals surface area contributed by atoms with E-state index in [0.29, 0.717) is 11.5 Å². The second kappa shape index (κ2) is 3.38. The minimum absolute atomic E-state index is 0.419. The van der Waals surface area contributed by atoms with Crippen LogP contribution in [0.5, 0.6) is 0 Å². The zero-order valence-electron chi connectivity index (χ0n) is 8.15. The van der Waals surface area contributed by atoms with Gasteiger partial charge in [-0.3, -0.25) is 0 Å². The van der Waals surface area contributed by atoms with Crippen molar-refractivity contribution in [3.63, 3.8) is 0 Å². The Bertz CT molecular complexity index is 91.4. The van der Waals surface area contributed by atoms with Crippen LogP contribution in [0, 0.1) is 11.3 Å². The van der Waals surface area contributed by atoms with Gasteiger partial charge in [-0.15, -0.1) is 0 Å². The molecule has 2 atom stereocenters. The van der Waals surface area contributed by atoms with Crippen LogP contribution in [0.2, 0.25) is 0 Å². The van der Waals surface area contributed by atoms with Gasteiger partial charge in [0, 0.05) is 6.04 Å². The third kappa shape index (κ3) is 2.70. The van der Waals surface area contributed by atoms with Crippen molar-refractivity contribution in [3.05, 3.63) is 0 Å². The van der Waals surface area contributed by atoms with Gasteiger partial charge in [0.05, 0.1) is 0 Å². The number of nitrogens with one attached hydrogen (secondary N) is 1. The maximum Gasteiger partial charge on any atom is 0.00663 e. The standard InChI is InChI=1S/C9H21N/c1-7(8(2)10-6)9(3,4)5/h7-8,10H,1-6H3/t7-,8-/m0/s1. The molecule has 0 saturated heterocycles. The van der Waals surface area contributed by atoms with Crippen LogP contribution < -0.4 is 5.32 Å². The van der Waals surface area contributed by atoms with Gasteiger partial charge in [0.25, 0.3) is 0 Å².